The number of nitrogens with one attached hydrogen (secondary N) is 2. The topological polar surface area (TPSA) is 44.4 Å². The fourth-order valence-electron chi connectivity index (χ4n) is 2.67. The number of nitrogens with zero attached hydrogens (tertiary/aromatic N) is 1. The Morgan fingerprint density at radius 1 is 1.48 bits per heavy atom. The number of amides is 1. The van der Waals surface area contributed by atoms with Crippen LogP contribution in [0.15, 0.2) is 18.2 Å². The highest BCUT2D eigenvalue weighted by atomic mass is 35.5. The fourth-order valence-corrected chi connectivity index (χ4v) is 2.84. The molecule has 1 unspecified atom stereocenters. The van der Waals surface area contributed by atoms with Crippen LogP contribution in [0.4, 0.5) is 5.69 Å². The Kier molecular flexibility index (Phi) is 5.88. The van der Waals surface area contributed by atoms with Crippen molar-refractivity contribution in [3.05, 3.63) is 28.8 Å². The first-order valence-corrected chi connectivity index (χ1v) is 8.00. The minimum Gasteiger partial charge on any atom is -0.384 e. The van der Waals surface area contributed by atoms with Crippen LogP contribution in [0.25, 0.3) is 0 Å². The normalized spacial score (nSPS) is 19.3. The lowest BCUT2D eigenvalue weighted by atomic mass is 10.1. The van der Waals surface area contributed by atoms with Crippen molar-refractivity contribution in [1.82, 2.24) is 10.2 Å². The molecule has 0 radical (unpaired) electrons. The molecule has 0 bridgehead atoms. The number of hydrogen-bond donors (Lipinski definition) is 2. The average Bonchev–Trinajstić information content (AvgIpc) is 2.46. The van der Waals surface area contributed by atoms with Crippen LogP contribution >= 0.6 is 11.6 Å². The number of carbonyl (C=O) groups excluding carboxylic acids is 1. The van der Waals surface area contributed by atoms with Crippen molar-refractivity contribution in [3.63, 3.8) is 0 Å². The minimum absolute atomic E-state index is 0.0450. The standard InChI is InChI=1S/C16H24ClN3O/c1-3-8-18-15-7-6-12(17)10-14(15)16(21)19-13-5-4-9-20(2)11-13/h6-7,10,13,18H,3-5,8-9,11H2,1-2H3,(H,19,21). The molecule has 21 heavy (non-hydrogen) atoms. The summed E-state index contributed by atoms with van der Waals surface area (Å²) in [6.45, 7) is 4.95. The first-order valence-electron chi connectivity index (χ1n) is 7.63. The van der Waals surface area contributed by atoms with Crippen LogP contribution < -0.4 is 10.6 Å². The van der Waals surface area contributed by atoms with E-state index in [9.17, 15) is 4.79 Å². The summed E-state index contributed by atoms with van der Waals surface area (Å²) < 4.78 is 0. The monoisotopic (exact) mass is 309 g/mol. The zero-order valence-electron chi connectivity index (χ0n) is 12.8. The molecule has 1 atom stereocenters. The minimum atomic E-state index is -0.0450. The van der Waals surface area contributed by atoms with E-state index >= 15 is 0 Å². The van der Waals surface area contributed by atoms with Gasteiger partial charge in [0, 0.05) is 29.8 Å². The second-order valence-electron chi connectivity index (χ2n) is 5.69. The maximum atomic E-state index is 12.5. The zero-order chi connectivity index (χ0) is 15.2. The van der Waals surface area contributed by atoms with E-state index in [1.807, 2.05) is 12.1 Å². The Balaban J connectivity index is 2.08. The third-order valence-electron chi connectivity index (χ3n) is 3.75. The summed E-state index contributed by atoms with van der Waals surface area (Å²) >= 11 is 6.04. The van der Waals surface area contributed by atoms with E-state index in [4.69, 9.17) is 11.6 Å². The molecule has 2 N–H and O–H groups in total. The van der Waals surface area contributed by atoms with Crippen molar-refractivity contribution in [2.75, 3.05) is 32.0 Å². The molecule has 0 saturated carbocycles. The van der Waals surface area contributed by atoms with E-state index in [0.29, 0.717) is 10.6 Å². The Hall–Kier alpha value is -1.26. The second kappa shape index (κ2) is 7.66. The molecule has 5 heteroatoms. The number of likely N-dealkylation sites (tertiary alicyclic amines) is 1. The summed E-state index contributed by atoms with van der Waals surface area (Å²) in [5.41, 5.74) is 1.48. The van der Waals surface area contributed by atoms with Gasteiger partial charge in [-0.05, 0) is 51.1 Å². The Morgan fingerprint density at radius 3 is 3.00 bits per heavy atom. The van der Waals surface area contributed by atoms with Gasteiger partial charge in [0.05, 0.1) is 5.56 Å². The molecule has 1 saturated heterocycles. The number of likely N-dealkylation sites (N-methyl/N-ethyl adjacent to an activating group) is 1. The molecule has 1 aliphatic heterocycles. The molecule has 1 amide bonds. The van der Waals surface area contributed by atoms with Gasteiger partial charge in [-0.3, -0.25) is 4.79 Å². The van der Waals surface area contributed by atoms with E-state index in [1.165, 1.54) is 0 Å². The molecule has 0 aromatic heterocycles. The Bertz CT molecular complexity index is 492. The van der Waals surface area contributed by atoms with Crippen molar-refractivity contribution in [2.45, 2.75) is 32.2 Å². The molecule has 0 spiro atoms. The molecular formula is C16H24ClN3O. The first-order chi connectivity index (χ1) is 10.1. The SMILES string of the molecule is CCCNc1ccc(Cl)cc1C(=O)NC1CCCN(C)C1. The molecule has 1 heterocycles. The van der Waals surface area contributed by atoms with Crippen molar-refractivity contribution in [1.29, 1.82) is 0 Å². The number of hydrogen-bond acceptors (Lipinski definition) is 3. The molecule has 116 valence electrons. The lowest BCUT2D eigenvalue weighted by Crippen LogP contribution is -2.46. The molecule has 4 nitrogen and oxygen atoms in total. The number of carbonyl (C=O) groups is 1. The van der Waals surface area contributed by atoms with Crippen LogP contribution in [0.3, 0.4) is 0 Å². The molecule has 0 aliphatic carbocycles. The first kappa shape index (κ1) is 16.1. The number of rotatable bonds is 5. The van der Waals surface area contributed by atoms with E-state index < -0.39 is 0 Å². The predicted molar refractivity (Wildman–Crippen MR) is 88.2 cm³/mol. The average molecular weight is 310 g/mol. The van der Waals surface area contributed by atoms with Crippen LogP contribution in [-0.4, -0.2) is 43.5 Å². The van der Waals surface area contributed by atoms with Crippen molar-refractivity contribution in [3.8, 4) is 0 Å². The summed E-state index contributed by atoms with van der Waals surface area (Å²) in [6.07, 6.45) is 3.17. The third kappa shape index (κ3) is 4.61. The quantitative estimate of drug-likeness (QED) is 0.879. The van der Waals surface area contributed by atoms with Crippen LogP contribution in [0.1, 0.15) is 36.5 Å². The molecule has 1 aliphatic rings. The maximum Gasteiger partial charge on any atom is 0.253 e. The Morgan fingerprint density at radius 2 is 2.29 bits per heavy atom. The number of anilines is 1. The largest absolute Gasteiger partial charge is 0.384 e. The van der Waals surface area contributed by atoms with Gasteiger partial charge in [0.2, 0.25) is 0 Å². The summed E-state index contributed by atoms with van der Waals surface area (Å²) in [6, 6.07) is 5.64. The Labute approximate surface area is 131 Å². The van der Waals surface area contributed by atoms with Gasteiger partial charge in [-0.2, -0.15) is 0 Å². The van der Waals surface area contributed by atoms with Gasteiger partial charge in [-0.25, -0.2) is 0 Å². The van der Waals surface area contributed by atoms with Gasteiger partial charge >= 0.3 is 0 Å². The summed E-state index contributed by atoms with van der Waals surface area (Å²) in [4.78, 5) is 14.8. The van der Waals surface area contributed by atoms with Crippen LogP contribution in [-0.2, 0) is 0 Å². The zero-order valence-corrected chi connectivity index (χ0v) is 13.5. The summed E-state index contributed by atoms with van der Waals surface area (Å²) in [5.74, 6) is -0.0450. The lowest BCUT2D eigenvalue weighted by molar-refractivity contribution is 0.0913. The van der Waals surface area contributed by atoms with Crippen LogP contribution in [0.2, 0.25) is 5.02 Å². The number of benzene rings is 1. The molecule has 1 fully saturated rings. The second-order valence-corrected chi connectivity index (χ2v) is 6.13. The van der Waals surface area contributed by atoms with Gasteiger partial charge in [0.25, 0.3) is 5.91 Å². The number of piperidine rings is 1. The molecule has 1 aromatic rings. The van der Waals surface area contributed by atoms with Gasteiger partial charge in [0.15, 0.2) is 0 Å². The fraction of sp³-hybridized carbons (Fsp3) is 0.562. The predicted octanol–water partition coefficient (Wildman–Crippen LogP) is 2.99. The van der Waals surface area contributed by atoms with Gasteiger partial charge < -0.3 is 15.5 Å². The van der Waals surface area contributed by atoms with Crippen molar-refractivity contribution < 1.29 is 4.79 Å². The summed E-state index contributed by atoms with van der Waals surface area (Å²) in [5, 5.41) is 7.00. The van der Waals surface area contributed by atoms with Crippen LogP contribution in [0, 0.1) is 0 Å². The molecule has 2 rings (SSSR count). The highest BCUT2D eigenvalue weighted by molar-refractivity contribution is 6.31. The highest BCUT2D eigenvalue weighted by Crippen LogP contribution is 2.21. The van der Waals surface area contributed by atoms with E-state index in [-0.39, 0.29) is 11.9 Å². The van der Waals surface area contributed by atoms with Gasteiger partial charge in [-0.15, -0.1) is 0 Å². The van der Waals surface area contributed by atoms with Crippen LogP contribution in [0.5, 0.6) is 0 Å². The third-order valence-corrected chi connectivity index (χ3v) is 3.99. The lowest BCUT2D eigenvalue weighted by Gasteiger charge is -2.30. The number of halogens is 1. The smallest absolute Gasteiger partial charge is 0.253 e. The van der Waals surface area contributed by atoms with Crippen molar-refractivity contribution >= 4 is 23.2 Å². The van der Waals surface area contributed by atoms with Crippen molar-refractivity contribution in [2.24, 2.45) is 0 Å². The van der Waals surface area contributed by atoms with E-state index in [0.717, 1.165) is 44.6 Å². The van der Waals surface area contributed by atoms with Gasteiger partial charge in [-0.1, -0.05) is 18.5 Å². The summed E-state index contributed by atoms with van der Waals surface area (Å²) in [7, 11) is 2.09. The maximum absolute atomic E-state index is 12.5. The highest BCUT2D eigenvalue weighted by Gasteiger charge is 2.21. The van der Waals surface area contributed by atoms with Gasteiger partial charge in [0.1, 0.15) is 0 Å². The molecular weight excluding hydrogens is 286 g/mol. The van der Waals surface area contributed by atoms with E-state index in [2.05, 4.69) is 29.5 Å². The van der Waals surface area contributed by atoms with E-state index in [1.54, 1.807) is 6.07 Å². The molecule has 1 aromatic carbocycles.